The van der Waals surface area contributed by atoms with Crippen LogP contribution in [0.4, 0.5) is 11.4 Å². The molecule has 1 amide bonds. The van der Waals surface area contributed by atoms with Crippen LogP contribution >= 0.6 is 15.9 Å². The van der Waals surface area contributed by atoms with Gasteiger partial charge in [-0.3, -0.25) is 14.9 Å². The van der Waals surface area contributed by atoms with E-state index in [9.17, 15) is 14.9 Å². The van der Waals surface area contributed by atoms with Crippen molar-refractivity contribution in [2.45, 2.75) is 13.5 Å². The van der Waals surface area contributed by atoms with E-state index in [1.165, 1.54) is 24.3 Å². The van der Waals surface area contributed by atoms with Gasteiger partial charge in [0.05, 0.1) is 33.5 Å². The van der Waals surface area contributed by atoms with E-state index < -0.39 is 4.92 Å². The van der Waals surface area contributed by atoms with Crippen LogP contribution in [0, 0.1) is 10.1 Å². The Morgan fingerprint density at radius 3 is 2.59 bits per heavy atom. The van der Waals surface area contributed by atoms with Crippen LogP contribution < -0.4 is 14.5 Å². The van der Waals surface area contributed by atoms with Gasteiger partial charge in [0.1, 0.15) is 6.61 Å². The number of amides is 1. The van der Waals surface area contributed by atoms with Gasteiger partial charge in [-0.05, 0) is 64.3 Å². The molecule has 1 aliphatic rings. The van der Waals surface area contributed by atoms with Crippen molar-refractivity contribution in [3.05, 3.63) is 98.0 Å². The van der Waals surface area contributed by atoms with Crippen molar-refractivity contribution in [3.63, 3.8) is 0 Å². The Morgan fingerprint density at radius 1 is 1.12 bits per heavy atom. The van der Waals surface area contributed by atoms with Crippen LogP contribution in [0.15, 0.2) is 81.9 Å². The minimum atomic E-state index is -0.448. The molecule has 0 radical (unpaired) electrons. The van der Waals surface area contributed by atoms with Gasteiger partial charge in [0.2, 0.25) is 0 Å². The molecule has 172 valence electrons. The molecule has 0 N–H and O–H groups in total. The van der Waals surface area contributed by atoms with E-state index in [0.29, 0.717) is 38.5 Å². The van der Waals surface area contributed by atoms with Crippen molar-refractivity contribution < 1.29 is 19.2 Å². The molecule has 1 heterocycles. The number of ether oxygens (including phenoxy) is 2. The number of nitrogens with zero attached hydrogens (tertiary/aromatic N) is 3. The average molecular weight is 522 g/mol. The largest absolute Gasteiger partial charge is 0.493 e. The lowest BCUT2D eigenvalue weighted by Crippen LogP contribution is -2.21. The topological polar surface area (TPSA) is 94.3 Å². The molecule has 3 aromatic rings. The Kier molecular flexibility index (Phi) is 6.74. The molecule has 1 aliphatic heterocycles. The van der Waals surface area contributed by atoms with Gasteiger partial charge in [0.25, 0.3) is 11.6 Å². The van der Waals surface area contributed by atoms with Gasteiger partial charge >= 0.3 is 0 Å². The molecule has 9 heteroatoms. The molecular formula is C25H20BrN3O5. The summed E-state index contributed by atoms with van der Waals surface area (Å²) in [7, 11) is 1.52. The van der Waals surface area contributed by atoms with Crippen LogP contribution in [-0.2, 0) is 11.4 Å². The number of nitro groups is 1. The second-order valence-electron chi connectivity index (χ2n) is 7.45. The van der Waals surface area contributed by atoms with Gasteiger partial charge in [0.15, 0.2) is 11.5 Å². The maximum atomic E-state index is 13.0. The lowest BCUT2D eigenvalue weighted by molar-refractivity contribution is -0.384. The lowest BCUT2D eigenvalue weighted by Gasteiger charge is -2.14. The Balaban J connectivity index is 1.58. The summed E-state index contributed by atoms with van der Waals surface area (Å²) in [4.78, 5) is 23.5. The smallest absolute Gasteiger partial charge is 0.280 e. The lowest BCUT2D eigenvalue weighted by atomic mass is 10.1. The van der Waals surface area contributed by atoms with Crippen molar-refractivity contribution in [1.29, 1.82) is 0 Å². The highest BCUT2D eigenvalue weighted by Gasteiger charge is 2.28. The summed E-state index contributed by atoms with van der Waals surface area (Å²) >= 11 is 3.51. The maximum absolute atomic E-state index is 13.0. The molecule has 8 nitrogen and oxygen atoms in total. The zero-order valence-corrected chi connectivity index (χ0v) is 20.0. The van der Waals surface area contributed by atoms with Crippen molar-refractivity contribution >= 4 is 45.0 Å². The number of methoxy groups -OCH3 is 1. The minimum Gasteiger partial charge on any atom is -0.493 e. The van der Waals surface area contributed by atoms with Crippen LogP contribution in [0.5, 0.6) is 11.5 Å². The van der Waals surface area contributed by atoms with Crippen LogP contribution in [-0.4, -0.2) is 23.7 Å². The third kappa shape index (κ3) is 4.84. The van der Waals surface area contributed by atoms with Gasteiger partial charge < -0.3 is 9.47 Å². The molecule has 0 aliphatic carbocycles. The molecule has 3 aromatic carbocycles. The van der Waals surface area contributed by atoms with Crippen LogP contribution in [0.25, 0.3) is 6.08 Å². The van der Waals surface area contributed by atoms with Gasteiger partial charge in [-0.1, -0.05) is 30.3 Å². The summed E-state index contributed by atoms with van der Waals surface area (Å²) in [5, 5.41) is 16.8. The number of para-hydroxylation sites is 1. The molecule has 0 saturated heterocycles. The fourth-order valence-corrected chi connectivity index (χ4v) is 4.05. The Hall–Kier alpha value is -3.98. The van der Waals surface area contributed by atoms with E-state index >= 15 is 0 Å². The van der Waals surface area contributed by atoms with Crippen LogP contribution in [0.1, 0.15) is 18.1 Å². The summed E-state index contributed by atoms with van der Waals surface area (Å²) in [6.07, 6.45) is 1.75. The van der Waals surface area contributed by atoms with E-state index in [-0.39, 0.29) is 18.2 Å². The van der Waals surface area contributed by atoms with Crippen LogP contribution in [0.2, 0.25) is 0 Å². The van der Waals surface area contributed by atoms with Crippen molar-refractivity contribution in [3.8, 4) is 11.5 Å². The Bertz CT molecular complexity index is 1320. The summed E-state index contributed by atoms with van der Waals surface area (Å²) in [6.45, 7) is 1.91. The number of carbonyl (C=O) groups excluding carboxylic acids is 1. The highest BCUT2D eigenvalue weighted by Crippen LogP contribution is 2.38. The number of halogens is 1. The molecular weight excluding hydrogens is 502 g/mol. The molecule has 0 unspecified atom stereocenters. The van der Waals surface area contributed by atoms with Gasteiger partial charge in [-0.2, -0.15) is 10.1 Å². The first-order valence-electron chi connectivity index (χ1n) is 10.3. The fraction of sp³-hybridized carbons (Fsp3) is 0.120. The third-order valence-electron chi connectivity index (χ3n) is 5.13. The standard InChI is InChI=1S/C25H20BrN3O5/c1-16-21(25(30)28(27-16)19-8-4-3-5-9-19)12-18-13-22(26)24(23(14-18)33-2)34-15-17-7-6-10-20(11-17)29(31)32/h3-14H,15H2,1-2H3/b21-12+. The first-order chi connectivity index (χ1) is 16.4. The van der Waals surface area contributed by atoms with Crippen molar-refractivity contribution in [1.82, 2.24) is 0 Å². The minimum absolute atomic E-state index is 0.00286. The molecule has 0 saturated carbocycles. The second kappa shape index (κ2) is 9.88. The Morgan fingerprint density at radius 2 is 1.88 bits per heavy atom. The number of rotatable bonds is 7. The molecule has 0 aromatic heterocycles. The zero-order chi connectivity index (χ0) is 24.2. The molecule has 0 bridgehead atoms. The van der Waals surface area contributed by atoms with Gasteiger partial charge in [0, 0.05) is 12.1 Å². The van der Waals surface area contributed by atoms with E-state index in [1.807, 2.05) is 36.4 Å². The number of carbonyl (C=O) groups is 1. The number of benzene rings is 3. The maximum Gasteiger partial charge on any atom is 0.280 e. The molecule has 0 fully saturated rings. The SMILES string of the molecule is COc1cc(/C=C2/C(=O)N(c3ccccc3)N=C2C)cc(Br)c1OCc1cccc([N+](=O)[O-])c1. The van der Waals surface area contributed by atoms with E-state index in [0.717, 1.165) is 5.56 Å². The van der Waals surface area contributed by atoms with Crippen molar-refractivity contribution in [2.75, 3.05) is 12.1 Å². The summed E-state index contributed by atoms with van der Waals surface area (Å²) in [5.41, 5.74) is 3.15. The summed E-state index contributed by atoms with van der Waals surface area (Å²) < 4.78 is 12.0. The molecule has 0 spiro atoms. The van der Waals surface area contributed by atoms with Gasteiger partial charge in [-0.15, -0.1) is 0 Å². The molecule has 4 rings (SSSR count). The van der Waals surface area contributed by atoms with E-state index in [1.54, 1.807) is 31.2 Å². The predicted molar refractivity (Wildman–Crippen MR) is 133 cm³/mol. The Labute approximate surface area is 204 Å². The van der Waals surface area contributed by atoms with Gasteiger partial charge in [-0.25, -0.2) is 0 Å². The predicted octanol–water partition coefficient (Wildman–Crippen LogP) is 5.75. The fourth-order valence-electron chi connectivity index (χ4n) is 3.47. The monoisotopic (exact) mass is 521 g/mol. The number of non-ortho nitro benzene ring substituents is 1. The zero-order valence-electron chi connectivity index (χ0n) is 18.4. The highest BCUT2D eigenvalue weighted by molar-refractivity contribution is 9.10. The number of hydrogen-bond donors (Lipinski definition) is 0. The molecule has 0 atom stereocenters. The number of hydrogen-bond acceptors (Lipinski definition) is 6. The number of anilines is 1. The first kappa shape index (κ1) is 23.2. The van der Waals surface area contributed by atoms with E-state index in [4.69, 9.17) is 9.47 Å². The summed E-state index contributed by atoms with van der Waals surface area (Å²) in [5.74, 6) is 0.682. The highest BCUT2D eigenvalue weighted by atomic mass is 79.9. The van der Waals surface area contributed by atoms with Crippen molar-refractivity contribution in [2.24, 2.45) is 5.10 Å². The quantitative estimate of drug-likeness (QED) is 0.224. The van der Waals surface area contributed by atoms with E-state index in [2.05, 4.69) is 21.0 Å². The molecule has 34 heavy (non-hydrogen) atoms. The summed E-state index contributed by atoms with van der Waals surface area (Å²) in [6, 6.07) is 19.0. The normalized spacial score (nSPS) is 14.3. The van der Waals surface area contributed by atoms with Crippen LogP contribution in [0.3, 0.4) is 0 Å². The number of nitro benzene ring substituents is 1. The third-order valence-corrected chi connectivity index (χ3v) is 5.72. The second-order valence-corrected chi connectivity index (χ2v) is 8.30. The first-order valence-corrected chi connectivity index (χ1v) is 11.1. The average Bonchev–Trinajstić information content (AvgIpc) is 3.12. The number of hydrazone groups is 1.